The Morgan fingerprint density at radius 1 is 1.13 bits per heavy atom. The Labute approximate surface area is 92.9 Å². The fourth-order valence-corrected chi connectivity index (χ4v) is 2.35. The maximum atomic E-state index is 4.40. The van der Waals surface area contributed by atoms with Crippen LogP contribution in [0.5, 0.6) is 0 Å². The minimum atomic E-state index is 0.224. The van der Waals surface area contributed by atoms with E-state index in [1.54, 1.807) is 0 Å². The number of pyridine rings is 1. The van der Waals surface area contributed by atoms with Crippen LogP contribution in [0.2, 0.25) is 0 Å². The van der Waals surface area contributed by atoms with Gasteiger partial charge in [0.05, 0.1) is 0 Å². The van der Waals surface area contributed by atoms with Gasteiger partial charge in [-0.05, 0) is 35.3 Å². The highest BCUT2D eigenvalue weighted by Gasteiger charge is 2.20. The first kappa shape index (κ1) is 10.7. The zero-order valence-electron chi connectivity index (χ0n) is 10.1. The summed E-state index contributed by atoms with van der Waals surface area (Å²) in [4.78, 5) is 4.40. The van der Waals surface area contributed by atoms with E-state index in [9.17, 15) is 0 Å². The maximum absolute atomic E-state index is 4.40. The molecule has 0 aliphatic heterocycles. The van der Waals surface area contributed by atoms with Gasteiger partial charge in [0.2, 0.25) is 0 Å². The van der Waals surface area contributed by atoms with Crippen molar-refractivity contribution in [2.24, 2.45) is 0 Å². The molecule has 1 aliphatic rings. The third kappa shape index (κ3) is 2.39. The third-order valence-electron chi connectivity index (χ3n) is 3.45. The van der Waals surface area contributed by atoms with Crippen LogP contribution in [0.4, 0.5) is 0 Å². The average molecular weight is 203 g/mol. The molecule has 1 nitrogen and oxygen atoms in total. The molecule has 0 atom stereocenters. The highest BCUT2D eigenvalue weighted by Crippen LogP contribution is 2.35. The largest absolute Gasteiger partial charge is 0.264 e. The monoisotopic (exact) mass is 203 g/mol. The second kappa shape index (κ2) is 3.96. The Bertz CT molecular complexity index is 329. The molecule has 0 amide bonds. The molecule has 0 spiro atoms. The molecule has 0 aromatic carbocycles. The zero-order valence-corrected chi connectivity index (χ0v) is 10.1. The lowest BCUT2D eigenvalue weighted by Gasteiger charge is -2.20. The predicted molar refractivity (Wildman–Crippen MR) is 64.1 cm³/mol. The van der Waals surface area contributed by atoms with Crippen LogP contribution in [-0.2, 0) is 5.41 Å². The van der Waals surface area contributed by atoms with Gasteiger partial charge in [-0.25, -0.2) is 0 Å². The predicted octanol–water partition coefficient (Wildman–Crippen LogP) is 4.04. The average Bonchev–Trinajstić information content (AvgIpc) is 2.69. The van der Waals surface area contributed by atoms with Crippen molar-refractivity contribution in [2.75, 3.05) is 0 Å². The first-order valence-corrected chi connectivity index (χ1v) is 6.03. The second-order valence-electron chi connectivity index (χ2n) is 5.74. The number of rotatable bonds is 1. The number of hydrogen-bond donors (Lipinski definition) is 0. The minimum Gasteiger partial charge on any atom is -0.264 e. The molecule has 1 heteroatoms. The molecule has 82 valence electrons. The Morgan fingerprint density at radius 2 is 1.80 bits per heavy atom. The Hall–Kier alpha value is -0.850. The van der Waals surface area contributed by atoms with Gasteiger partial charge >= 0.3 is 0 Å². The zero-order chi connectivity index (χ0) is 10.9. The first-order valence-electron chi connectivity index (χ1n) is 6.03. The van der Waals surface area contributed by atoms with Gasteiger partial charge in [0, 0.05) is 12.4 Å². The van der Waals surface area contributed by atoms with Gasteiger partial charge in [0.25, 0.3) is 0 Å². The van der Waals surface area contributed by atoms with Crippen molar-refractivity contribution in [1.82, 2.24) is 4.98 Å². The Balaban J connectivity index is 2.26. The molecule has 1 heterocycles. The summed E-state index contributed by atoms with van der Waals surface area (Å²) < 4.78 is 0. The van der Waals surface area contributed by atoms with Crippen LogP contribution in [0.3, 0.4) is 0 Å². The molecule has 1 aromatic rings. The van der Waals surface area contributed by atoms with Crippen LogP contribution >= 0.6 is 0 Å². The van der Waals surface area contributed by atoms with Gasteiger partial charge in [-0.1, -0.05) is 39.7 Å². The van der Waals surface area contributed by atoms with Gasteiger partial charge in [-0.3, -0.25) is 4.98 Å². The lowest BCUT2D eigenvalue weighted by atomic mass is 9.86. The van der Waals surface area contributed by atoms with E-state index in [1.807, 2.05) is 6.20 Å². The van der Waals surface area contributed by atoms with Crippen molar-refractivity contribution in [3.8, 4) is 0 Å². The van der Waals surface area contributed by atoms with Crippen LogP contribution in [0.15, 0.2) is 18.5 Å². The van der Waals surface area contributed by atoms with Gasteiger partial charge in [-0.2, -0.15) is 0 Å². The summed E-state index contributed by atoms with van der Waals surface area (Å²) in [7, 11) is 0. The molecule has 15 heavy (non-hydrogen) atoms. The summed E-state index contributed by atoms with van der Waals surface area (Å²) in [6, 6.07) is 2.36. The normalized spacial score (nSPS) is 18.3. The minimum absolute atomic E-state index is 0.224. The van der Waals surface area contributed by atoms with Gasteiger partial charge in [0.1, 0.15) is 0 Å². The second-order valence-corrected chi connectivity index (χ2v) is 5.74. The fraction of sp³-hybridized carbons (Fsp3) is 0.643. The van der Waals surface area contributed by atoms with Crippen LogP contribution in [0.25, 0.3) is 0 Å². The van der Waals surface area contributed by atoms with E-state index in [0.29, 0.717) is 0 Å². The molecule has 0 saturated heterocycles. The SMILES string of the molecule is CC(C)(C)c1cncc(C2CCCC2)c1. The molecular weight excluding hydrogens is 182 g/mol. The summed E-state index contributed by atoms with van der Waals surface area (Å²) in [5, 5.41) is 0. The lowest BCUT2D eigenvalue weighted by Crippen LogP contribution is -2.12. The van der Waals surface area contributed by atoms with Crippen molar-refractivity contribution in [3.05, 3.63) is 29.6 Å². The standard InChI is InChI=1S/C14H21N/c1-14(2,3)13-8-12(9-15-10-13)11-6-4-5-7-11/h8-11H,4-7H2,1-3H3. The van der Waals surface area contributed by atoms with Crippen LogP contribution in [0.1, 0.15) is 63.5 Å². The van der Waals surface area contributed by atoms with Crippen molar-refractivity contribution in [1.29, 1.82) is 0 Å². The van der Waals surface area contributed by atoms with Gasteiger partial charge in [-0.15, -0.1) is 0 Å². The van der Waals surface area contributed by atoms with Crippen molar-refractivity contribution >= 4 is 0 Å². The van der Waals surface area contributed by atoms with Crippen molar-refractivity contribution in [3.63, 3.8) is 0 Å². The van der Waals surface area contributed by atoms with E-state index in [4.69, 9.17) is 0 Å². The molecule has 0 bridgehead atoms. The first-order chi connectivity index (χ1) is 7.07. The number of hydrogen-bond acceptors (Lipinski definition) is 1. The molecular formula is C14H21N. The summed E-state index contributed by atoms with van der Waals surface area (Å²) in [5.74, 6) is 0.778. The summed E-state index contributed by atoms with van der Waals surface area (Å²) >= 11 is 0. The quantitative estimate of drug-likeness (QED) is 0.671. The molecule has 1 saturated carbocycles. The van der Waals surface area contributed by atoms with E-state index in [2.05, 4.69) is 38.0 Å². The van der Waals surface area contributed by atoms with Gasteiger partial charge < -0.3 is 0 Å². The summed E-state index contributed by atoms with van der Waals surface area (Å²) in [5.41, 5.74) is 3.05. The lowest BCUT2D eigenvalue weighted by molar-refractivity contribution is 0.583. The molecule has 1 aliphatic carbocycles. The molecule has 2 rings (SSSR count). The molecule has 1 aromatic heterocycles. The van der Waals surface area contributed by atoms with E-state index >= 15 is 0 Å². The van der Waals surface area contributed by atoms with E-state index < -0.39 is 0 Å². The Morgan fingerprint density at radius 3 is 2.40 bits per heavy atom. The van der Waals surface area contributed by atoms with Crippen LogP contribution in [-0.4, -0.2) is 4.98 Å². The maximum Gasteiger partial charge on any atom is 0.0305 e. The molecule has 0 radical (unpaired) electrons. The fourth-order valence-electron chi connectivity index (χ4n) is 2.35. The Kier molecular flexibility index (Phi) is 2.81. The topological polar surface area (TPSA) is 12.9 Å². The smallest absolute Gasteiger partial charge is 0.0305 e. The molecule has 1 fully saturated rings. The van der Waals surface area contributed by atoms with Crippen molar-refractivity contribution < 1.29 is 0 Å². The number of aromatic nitrogens is 1. The molecule has 0 unspecified atom stereocenters. The highest BCUT2D eigenvalue weighted by molar-refractivity contribution is 5.27. The third-order valence-corrected chi connectivity index (χ3v) is 3.45. The van der Waals surface area contributed by atoms with Crippen LogP contribution < -0.4 is 0 Å². The highest BCUT2D eigenvalue weighted by atomic mass is 14.6. The summed E-state index contributed by atoms with van der Waals surface area (Å²) in [6.07, 6.45) is 9.57. The molecule has 0 N–H and O–H groups in total. The van der Waals surface area contributed by atoms with Crippen molar-refractivity contribution in [2.45, 2.75) is 57.8 Å². The van der Waals surface area contributed by atoms with E-state index in [-0.39, 0.29) is 5.41 Å². The van der Waals surface area contributed by atoms with E-state index in [0.717, 1.165) is 5.92 Å². The van der Waals surface area contributed by atoms with E-state index in [1.165, 1.54) is 36.8 Å². The summed E-state index contributed by atoms with van der Waals surface area (Å²) in [6.45, 7) is 6.76. The van der Waals surface area contributed by atoms with Gasteiger partial charge in [0.15, 0.2) is 0 Å². The number of nitrogens with zero attached hydrogens (tertiary/aromatic N) is 1. The van der Waals surface area contributed by atoms with Crippen LogP contribution in [0, 0.1) is 0 Å².